The highest BCUT2D eigenvalue weighted by Gasteiger charge is 2.30. The van der Waals surface area contributed by atoms with Gasteiger partial charge < -0.3 is 15.5 Å². The van der Waals surface area contributed by atoms with Gasteiger partial charge in [0.2, 0.25) is 0 Å². The lowest BCUT2D eigenvalue weighted by molar-refractivity contribution is -0.155. The van der Waals surface area contributed by atoms with Gasteiger partial charge in [0, 0.05) is 42.4 Å². The Hall–Kier alpha value is -1.56. The first-order valence-corrected chi connectivity index (χ1v) is 6.37. The standard InChI is InChI=1S/C12H14BrN3O2/c1-15-5-6-16(12(18)11(15)17)7-8-9(13)3-2-4-10(8)14/h2-4H,5-7,14H2,1H3. The summed E-state index contributed by atoms with van der Waals surface area (Å²) in [4.78, 5) is 26.4. The molecule has 0 atom stereocenters. The lowest BCUT2D eigenvalue weighted by atomic mass is 10.1. The van der Waals surface area contributed by atoms with Crippen molar-refractivity contribution >= 4 is 33.4 Å². The predicted molar refractivity (Wildman–Crippen MR) is 71.6 cm³/mol. The lowest BCUT2D eigenvalue weighted by Gasteiger charge is -2.31. The Labute approximate surface area is 114 Å². The fraction of sp³-hybridized carbons (Fsp3) is 0.333. The zero-order chi connectivity index (χ0) is 13.3. The molecule has 6 heteroatoms. The maximum Gasteiger partial charge on any atom is 0.312 e. The number of amides is 2. The second kappa shape index (κ2) is 4.97. The molecule has 1 aliphatic heterocycles. The molecule has 0 radical (unpaired) electrons. The Morgan fingerprint density at radius 2 is 2.00 bits per heavy atom. The van der Waals surface area contributed by atoms with Crippen LogP contribution in [0, 0.1) is 0 Å². The SMILES string of the molecule is CN1CCN(Cc2c(N)cccc2Br)C(=O)C1=O. The van der Waals surface area contributed by atoms with Crippen molar-refractivity contribution in [1.82, 2.24) is 9.80 Å². The summed E-state index contributed by atoms with van der Waals surface area (Å²) in [5.41, 5.74) is 7.33. The third-order valence-electron chi connectivity index (χ3n) is 3.03. The van der Waals surface area contributed by atoms with Gasteiger partial charge in [-0.1, -0.05) is 22.0 Å². The minimum Gasteiger partial charge on any atom is -0.398 e. The van der Waals surface area contributed by atoms with E-state index in [1.165, 1.54) is 9.80 Å². The van der Waals surface area contributed by atoms with Crippen molar-refractivity contribution in [2.24, 2.45) is 0 Å². The van der Waals surface area contributed by atoms with Crippen LogP contribution < -0.4 is 5.73 Å². The fourth-order valence-corrected chi connectivity index (χ4v) is 2.36. The molecule has 1 aliphatic rings. The molecule has 0 aliphatic carbocycles. The molecular formula is C12H14BrN3O2. The molecular weight excluding hydrogens is 298 g/mol. The van der Waals surface area contributed by atoms with E-state index in [1.54, 1.807) is 13.1 Å². The fourth-order valence-electron chi connectivity index (χ4n) is 1.86. The number of hydrogen-bond acceptors (Lipinski definition) is 3. The predicted octanol–water partition coefficient (Wildman–Crippen LogP) is 0.832. The van der Waals surface area contributed by atoms with Crippen LogP contribution in [0.2, 0.25) is 0 Å². The van der Waals surface area contributed by atoms with Gasteiger partial charge in [0.25, 0.3) is 0 Å². The van der Waals surface area contributed by atoms with Crippen LogP contribution in [0.3, 0.4) is 0 Å². The van der Waals surface area contributed by atoms with Gasteiger partial charge in [-0.15, -0.1) is 0 Å². The second-order valence-corrected chi connectivity index (χ2v) is 5.12. The second-order valence-electron chi connectivity index (χ2n) is 4.26. The molecule has 5 nitrogen and oxygen atoms in total. The first-order chi connectivity index (χ1) is 8.50. The molecule has 0 unspecified atom stereocenters. The van der Waals surface area contributed by atoms with E-state index in [2.05, 4.69) is 15.9 Å². The minimum atomic E-state index is -0.473. The van der Waals surface area contributed by atoms with Crippen LogP contribution in [0.5, 0.6) is 0 Å². The zero-order valence-electron chi connectivity index (χ0n) is 10.0. The highest BCUT2D eigenvalue weighted by Crippen LogP contribution is 2.24. The van der Waals surface area contributed by atoms with Crippen molar-refractivity contribution in [3.05, 3.63) is 28.2 Å². The van der Waals surface area contributed by atoms with Gasteiger partial charge in [-0.3, -0.25) is 9.59 Å². The summed E-state index contributed by atoms with van der Waals surface area (Å²) < 4.78 is 0.849. The van der Waals surface area contributed by atoms with Gasteiger partial charge in [0.05, 0.1) is 0 Å². The molecule has 2 amide bonds. The Morgan fingerprint density at radius 3 is 2.67 bits per heavy atom. The molecule has 1 heterocycles. The quantitative estimate of drug-likeness (QED) is 0.650. The van der Waals surface area contributed by atoms with Gasteiger partial charge in [-0.05, 0) is 12.1 Å². The Balaban J connectivity index is 2.20. The Bertz CT molecular complexity index is 484. The van der Waals surface area contributed by atoms with Crippen molar-refractivity contribution in [2.75, 3.05) is 25.9 Å². The van der Waals surface area contributed by atoms with Crippen LogP contribution in [0.1, 0.15) is 5.56 Å². The molecule has 1 saturated heterocycles. The zero-order valence-corrected chi connectivity index (χ0v) is 11.6. The number of rotatable bonds is 2. The number of nitrogens with two attached hydrogens (primary N) is 1. The summed E-state index contributed by atoms with van der Waals surface area (Å²) in [6, 6.07) is 5.48. The molecule has 0 spiro atoms. The van der Waals surface area contributed by atoms with Gasteiger partial charge in [-0.25, -0.2) is 0 Å². The van der Waals surface area contributed by atoms with E-state index in [0.717, 1.165) is 10.0 Å². The van der Waals surface area contributed by atoms with E-state index < -0.39 is 11.8 Å². The van der Waals surface area contributed by atoms with E-state index in [0.29, 0.717) is 25.3 Å². The normalized spacial score (nSPS) is 16.3. The van der Waals surface area contributed by atoms with Crippen molar-refractivity contribution in [1.29, 1.82) is 0 Å². The van der Waals surface area contributed by atoms with Crippen LogP contribution >= 0.6 is 15.9 Å². The highest BCUT2D eigenvalue weighted by atomic mass is 79.9. The maximum atomic E-state index is 11.8. The number of piperazine rings is 1. The molecule has 1 aromatic carbocycles. The van der Waals surface area contributed by atoms with Crippen molar-refractivity contribution in [3.8, 4) is 0 Å². The van der Waals surface area contributed by atoms with E-state index in [-0.39, 0.29) is 0 Å². The van der Waals surface area contributed by atoms with E-state index in [9.17, 15) is 9.59 Å². The van der Waals surface area contributed by atoms with E-state index >= 15 is 0 Å². The van der Waals surface area contributed by atoms with E-state index in [1.807, 2.05) is 12.1 Å². The lowest BCUT2D eigenvalue weighted by Crippen LogP contribution is -2.52. The smallest absolute Gasteiger partial charge is 0.312 e. The van der Waals surface area contributed by atoms with Crippen LogP contribution in [0.25, 0.3) is 0 Å². The summed E-state index contributed by atoms with van der Waals surface area (Å²) in [7, 11) is 1.63. The van der Waals surface area contributed by atoms with Crippen LogP contribution in [-0.4, -0.2) is 41.8 Å². The van der Waals surface area contributed by atoms with Crippen molar-refractivity contribution in [2.45, 2.75) is 6.54 Å². The first kappa shape index (κ1) is 12.9. The topological polar surface area (TPSA) is 66.6 Å². The average molecular weight is 312 g/mol. The molecule has 0 aromatic heterocycles. The van der Waals surface area contributed by atoms with Gasteiger partial charge in [0.15, 0.2) is 0 Å². The monoisotopic (exact) mass is 311 g/mol. The number of likely N-dealkylation sites (N-methyl/N-ethyl adjacent to an activating group) is 1. The number of carbonyl (C=O) groups is 2. The molecule has 1 aromatic rings. The first-order valence-electron chi connectivity index (χ1n) is 5.58. The number of anilines is 1. The van der Waals surface area contributed by atoms with Gasteiger partial charge in [-0.2, -0.15) is 0 Å². The third kappa shape index (κ3) is 2.33. The molecule has 0 saturated carbocycles. The van der Waals surface area contributed by atoms with Crippen LogP contribution in [0.15, 0.2) is 22.7 Å². The molecule has 2 N–H and O–H groups in total. The van der Waals surface area contributed by atoms with Crippen LogP contribution in [0.4, 0.5) is 5.69 Å². The number of hydrogen-bond donors (Lipinski definition) is 1. The molecule has 0 bridgehead atoms. The number of halogens is 1. The largest absolute Gasteiger partial charge is 0.398 e. The Morgan fingerprint density at radius 1 is 1.28 bits per heavy atom. The number of nitrogens with zero attached hydrogens (tertiary/aromatic N) is 2. The van der Waals surface area contributed by atoms with Crippen LogP contribution in [-0.2, 0) is 16.1 Å². The molecule has 18 heavy (non-hydrogen) atoms. The summed E-state index contributed by atoms with van der Waals surface area (Å²) >= 11 is 3.41. The number of benzene rings is 1. The summed E-state index contributed by atoms with van der Waals surface area (Å²) in [5, 5.41) is 0. The number of carbonyl (C=O) groups excluding carboxylic acids is 2. The summed E-state index contributed by atoms with van der Waals surface area (Å²) in [6.07, 6.45) is 0. The van der Waals surface area contributed by atoms with Gasteiger partial charge in [0.1, 0.15) is 0 Å². The van der Waals surface area contributed by atoms with Crippen molar-refractivity contribution in [3.63, 3.8) is 0 Å². The molecule has 2 rings (SSSR count). The van der Waals surface area contributed by atoms with Crippen molar-refractivity contribution < 1.29 is 9.59 Å². The summed E-state index contributed by atoms with van der Waals surface area (Å²) in [6.45, 7) is 1.43. The minimum absolute atomic E-state index is 0.353. The Kier molecular flexibility index (Phi) is 3.56. The molecule has 1 fully saturated rings. The summed E-state index contributed by atoms with van der Waals surface area (Å²) in [5.74, 6) is -0.939. The molecule has 96 valence electrons. The number of nitrogen functional groups attached to an aromatic ring is 1. The average Bonchev–Trinajstić information content (AvgIpc) is 2.34. The third-order valence-corrected chi connectivity index (χ3v) is 3.77. The van der Waals surface area contributed by atoms with E-state index in [4.69, 9.17) is 5.73 Å². The maximum absolute atomic E-state index is 11.8. The van der Waals surface area contributed by atoms with Gasteiger partial charge >= 0.3 is 11.8 Å². The highest BCUT2D eigenvalue weighted by molar-refractivity contribution is 9.10.